The Bertz CT molecular complexity index is 743. The first-order valence-electron chi connectivity index (χ1n) is 6.31. The number of rotatable bonds is 4. The van der Waals surface area contributed by atoms with Gasteiger partial charge in [0.05, 0.1) is 0 Å². The Hall–Kier alpha value is -2.14. The van der Waals surface area contributed by atoms with E-state index in [1.807, 2.05) is 30.3 Å². The van der Waals surface area contributed by atoms with E-state index in [2.05, 4.69) is 21.1 Å². The normalized spacial score (nSPS) is 10.6. The van der Waals surface area contributed by atoms with E-state index >= 15 is 0 Å². The number of aromatic nitrogens is 1. The van der Waals surface area contributed by atoms with Crippen molar-refractivity contribution in [2.75, 3.05) is 0 Å². The van der Waals surface area contributed by atoms with Crippen LogP contribution in [0.25, 0.3) is 11.3 Å². The first kappa shape index (κ1) is 13.8. The molecular formula is C16H11BrFNO2. The first-order chi connectivity index (χ1) is 10.2. The minimum Gasteiger partial charge on any atom is -0.484 e. The zero-order chi connectivity index (χ0) is 14.7. The average Bonchev–Trinajstić information content (AvgIpc) is 2.96. The Morgan fingerprint density at radius 1 is 1.10 bits per heavy atom. The molecule has 3 rings (SSSR count). The molecule has 0 atom stereocenters. The molecular weight excluding hydrogens is 337 g/mol. The molecule has 0 fully saturated rings. The maximum Gasteiger partial charge on any atom is 0.167 e. The van der Waals surface area contributed by atoms with Crippen LogP contribution in [0, 0.1) is 5.82 Å². The lowest BCUT2D eigenvalue weighted by Crippen LogP contribution is -1.97. The molecule has 3 nitrogen and oxygen atoms in total. The fourth-order valence-corrected chi connectivity index (χ4v) is 2.20. The predicted octanol–water partition coefficient (Wildman–Crippen LogP) is 4.82. The highest BCUT2D eigenvalue weighted by molar-refractivity contribution is 9.10. The maximum atomic E-state index is 13.6. The van der Waals surface area contributed by atoms with Crippen LogP contribution in [0.3, 0.4) is 0 Å². The number of benzene rings is 2. The van der Waals surface area contributed by atoms with Crippen molar-refractivity contribution in [2.45, 2.75) is 6.61 Å². The van der Waals surface area contributed by atoms with Crippen molar-refractivity contribution in [3.05, 3.63) is 70.6 Å². The molecule has 0 aliphatic carbocycles. The van der Waals surface area contributed by atoms with Gasteiger partial charge in [-0.05, 0) is 18.2 Å². The molecule has 106 valence electrons. The molecule has 21 heavy (non-hydrogen) atoms. The van der Waals surface area contributed by atoms with Crippen LogP contribution in [0.2, 0.25) is 0 Å². The summed E-state index contributed by atoms with van der Waals surface area (Å²) in [5, 5.41) is 3.92. The monoisotopic (exact) mass is 347 g/mol. The van der Waals surface area contributed by atoms with E-state index in [0.29, 0.717) is 15.9 Å². The standard InChI is InChI=1S/C16H11BrFNO2/c17-12-6-7-15(14(18)8-12)20-10-13-9-16(21-19-13)11-4-2-1-3-5-11/h1-9H,10H2. The van der Waals surface area contributed by atoms with Crippen molar-refractivity contribution >= 4 is 15.9 Å². The minimum atomic E-state index is -0.420. The highest BCUT2D eigenvalue weighted by atomic mass is 79.9. The van der Waals surface area contributed by atoms with Gasteiger partial charge in [0.1, 0.15) is 12.3 Å². The van der Waals surface area contributed by atoms with Gasteiger partial charge in [-0.15, -0.1) is 0 Å². The SMILES string of the molecule is Fc1cc(Br)ccc1OCc1cc(-c2ccccc2)on1. The number of nitrogens with zero attached hydrogens (tertiary/aromatic N) is 1. The van der Waals surface area contributed by atoms with Gasteiger partial charge in [0.2, 0.25) is 0 Å². The Labute approximate surface area is 129 Å². The Morgan fingerprint density at radius 2 is 1.90 bits per heavy atom. The van der Waals surface area contributed by atoms with Gasteiger partial charge in [-0.25, -0.2) is 4.39 Å². The van der Waals surface area contributed by atoms with Crippen molar-refractivity contribution in [1.82, 2.24) is 5.16 Å². The second kappa shape index (κ2) is 6.10. The number of ether oxygens (including phenoxy) is 1. The number of halogens is 2. The van der Waals surface area contributed by atoms with E-state index in [4.69, 9.17) is 9.26 Å². The summed E-state index contributed by atoms with van der Waals surface area (Å²) in [5.74, 6) is 0.420. The van der Waals surface area contributed by atoms with Crippen molar-refractivity contribution in [1.29, 1.82) is 0 Å². The van der Waals surface area contributed by atoms with Gasteiger partial charge in [-0.1, -0.05) is 51.4 Å². The smallest absolute Gasteiger partial charge is 0.167 e. The second-order valence-corrected chi connectivity index (χ2v) is 5.33. The van der Waals surface area contributed by atoms with Gasteiger partial charge in [-0.2, -0.15) is 0 Å². The average molecular weight is 348 g/mol. The van der Waals surface area contributed by atoms with Crippen LogP contribution in [-0.2, 0) is 6.61 Å². The largest absolute Gasteiger partial charge is 0.484 e. The van der Waals surface area contributed by atoms with Crippen molar-refractivity contribution in [3.8, 4) is 17.1 Å². The Morgan fingerprint density at radius 3 is 2.67 bits per heavy atom. The second-order valence-electron chi connectivity index (χ2n) is 4.41. The molecule has 5 heteroatoms. The zero-order valence-electron chi connectivity index (χ0n) is 10.9. The highest BCUT2D eigenvalue weighted by Crippen LogP contribution is 2.24. The molecule has 3 aromatic rings. The topological polar surface area (TPSA) is 35.3 Å². The molecule has 0 aliphatic rings. The van der Waals surface area contributed by atoms with Crippen LogP contribution in [-0.4, -0.2) is 5.16 Å². The summed E-state index contributed by atoms with van der Waals surface area (Å²) in [6.45, 7) is 0.148. The van der Waals surface area contributed by atoms with E-state index in [-0.39, 0.29) is 12.4 Å². The molecule has 0 bridgehead atoms. The van der Waals surface area contributed by atoms with Crippen LogP contribution in [0.5, 0.6) is 5.75 Å². The van der Waals surface area contributed by atoms with E-state index in [1.54, 1.807) is 18.2 Å². The summed E-state index contributed by atoms with van der Waals surface area (Å²) in [6, 6.07) is 16.1. The first-order valence-corrected chi connectivity index (χ1v) is 7.10. The number of hydrogen-bond acceptors (Lipinski definition) is 3. The third-order valence-electron chi connectivity index (χ3n) is 2.89. The predicted molar refractivity (Wildman–Crippen MR) is 80.4 cm³/mol. The lowest BCUT2D eigenvalue weighted by Gasteiger charge is -2.04. The molecule has 2 aromatic carbocycles. The van der Waals surface area contributed by atoms with Crippen LogP contribution in [0.1, 0.15) is 5.69 Å². The van der Waals surface area contributed by atoms with E-state index < -0.39 is 5.82 Å². The van der Waals surface area contributed by atoms with E-state index in [0.717, 1.165) is 5.56 Å². The summed E-state index contributed by atoms with van der Waals surface area (Å²) in [7, 11) is 0. The number of hydrogen-bond donors (Lipinski definition) is 0. The van der Waals surface area contributed by atoms with Crippen LogP contribution in [0.15, 0.2) is 63.6 Å². The lowest BCUT2D eigenvalue weighted by atomic mass is 10.2. The molecule has 0 saturated carbocycles. The summed E-state index contributed by atoms with van der Waals surface area (Å²) in [4.78, 5) is 0. The summed E-state index contributed by atoms with van der Waals surface area (Å²) in [6.07, 6.45) is 0. The van der Waals surface area contributed by atoms with Gasteiger partial charge in [0, 0.05) is 16.1 Å². The summed E-state index contributed by atoms with van der Waals surface area (Å²) >= 11 is 3.20. The fourth-order valence-electron chi connectivity index (χ4n) is 1.86. The Balaban J connectivity index is 1.70. The fraction of sp³-hybridized carbons (Fsp3) is 0.0625. The molecule has 1 heterocycles. The van der Waals surface area contributed by atoms with Gasteiger partial charge >= 0.3 is 0 Å². The molecule has 0 spiro atoms. The van der Waals surface area contributed by atoms with Crippen LogP contribution in [0.4, 0.5) is 4.39 Å². The van der Waals surface area contributed by atoms with Crippen LogP contribution < -0.4 is 4.74 Å². The minimum absolute atomic E-state index is 0.148. The maximum absolute atomic E-state index is 13.6. The lowest BCUT2D eigenvalue weighted by molar-refractivity contribution is 0.276. The van der Waals surface area contributed by atoms with Gasteiger partial charge in [-0.3, -0.25) is 0 Å². The van der Waals surface area contributed by atoms with Gasteiger partial charge < -0.3 is 9.26 Å². The highest BCUT2D eigenvalue weighted by Gasteiger charge is 2.09. The molecule has 0 N–H and O–H groups in total. The molecule has 1 aromatic heterocycles. The molecule has 0 radical (unpaired) electrons. The molecule has 0 amide bonds. The van der Waals surface area contributed by atoms with Crippen molar-refractivity contribution in [3.63, 3.8) is 0 Å². The van der Waals surface area contributed by atoms with Gasteiger partial charge in [0.25, 0.3) is 0 Å². The third-order valence-corrected chi connectivity index (χ3v) is 3.38. The van der Waals surface area contributed by atoms with E-state index in [1.165, 1.54) is 6.07 Å². The summed E-state index contributed by atoms with van der Waals surface area (Å²) in [5.41, 5.74) is 1.54. The zero-order valence-corrected chi connectivity index (χ0v) is 12.5. The van der Waals surface area contributed by atoms with Gasteiger partial charge in [0.15, 0.2) is 17.3 Å². The summed E-state index contributed by atoms with van der Waals surface area (Å²) < 4.78 is 25.0. The van der Waals surface area contributed by atoms with Crippen LogP contribution >= 0.6 is 15.9 Å². The Kier molecular flexibility index (Phi) is 4.01. The molecule has 0 aliphatic heterocycles. The molecule has 0 unspecified atom stereocenters. The molecule has 0 saturated heterocycles. The third kappa shape index (κ3) is 3.31. The van der Waals surface area contributed by atoms with E-state index in [9.17, 15) is 4.39 Å². The van der Waals surface area contributed by atoms with Crippen molar-refractivity contribution in [2.24, 2.45) is 0 Å². The van der Waals surface area contributed by atoms with Crippen molar-refractivity contribution < 1.29 is 13.7 Å². The quantitative estimate of drug-likeness (QED) is 0.678.